The Bertz CT molecular complexity index is 317. The van der Waals surface area contributed by atoms with E-state index in [0.717, 1.165) is 12.1 Å². The summed E-state index contributed by atoms with van der Waals surface area (Å²) in [5.41, 5.74) is -0.104. The van der Waals surface area contributed by atoms with Gasteiger partial charge in [0.1, 0.15) is 11.6 Å². The summed E-state index contributed by atoms with van der Waals surface area (Å²) in [5, 5.41) is 16.8. The molecule has 70 valence electrons. The molecule has 0 unspecified atom stereocenters. The Balaban J connectivity index is 3.10. The molecule has 0 aliphatic rings. The third-order valence-electron chi connectivity index (χ3n) is 1.52. The van der Waals surface area contributed by atoms with Crippen LogP contribution in [0.2, 0.25) is 0 Å². The third kappa shape index (κ3) is 2.16. The summed E-state index contributed by atoms with van der Waals surface area (Å²) in [5.74, 6) is -2.00. The second-order valence-electron chi connectivity index (χ2n) is 2.43. The average Bonchev–Trinajstić information content (AvgIpc) is 2.05. The Labute approximate surface area is 73.8 Å². The molecule has 3 nitrogen and oxygen atoms in total. The molecule has 0 fully saturated rings. The molecule has 13 heavy (non-hydrogen) atoms. The fraction of sp³-hybridized carbons (Fsp3) is 0.143. The summed E-state index contributed by atoms with van der Waals surface area (Å²) in [4.78, 5) is 0. The van der Waals surface area contributed by atoms with Gasteiger partial charge in [0.15, 0.2) is 5.82 Å². The van der Waals surface area contributed by atoms with Gasteiger partial charge in [0.05, 0.1) is 0 Å². The van der Waals surface area contributed by atoms with Crippen LogP contribution in [0.1, 0.15) is 5.56 Å². The molecular formula is C7H7BF2O3. The molecule has 0 radical (unpaired) electrons. The van der Waals surface area contributed by atoms with Gasteiger partial charge in [-0.3, -0.25) is 0 Å². The lowest BCUT2D eigenvalue weighted by atomic mass is 10.1. The fourth-order valence-corrected chi connectivity index (χ4v) is 0.885. The smallest absolute Gasteiger partial charge is 0.509 e. The van der Waals surface area contributed by atoms with Crippen LogP contribution in [-0.2, 0) is 0 Å². The molecule has 0 aliphatic heterocycles. The molecule has 1 rings (SSSR count). The van der Waals surface area contributed by atoms with E-state index in [-0.39, 0.29) is 5.56 Å². The summed E-state index contributed by atoms with van der Waals surface area (Å²) in [6, 6.07) is 1.78. The molecule has 0 saturated carbocycles. The zero-order valence-corrected chi connectivity index (χ0v) is 6.79. The topological polar surface area (TPSA) is 49.7 Å². The van der Waals surface area contributed by atoms with E-state index in [4.69, 9.17) is 10.0 Å². The maximum atomic E-state index is 12.9. The Hall–Kier alpha value is -1.14. The minimum Gasteiger partial charge on any atom is -0.509 e. The second kappa shape index (κ2) is 3.72. The summed E-state index contributed by atoms with van der Waals surface area (Å²) >= 11 is 0. The second-order valence-corrected chi connectivity index (χ2v) is 2.43. The van der Waals surface area contributed by atoms with Gasteiger partial charge in [-0.25, -0.2) is 8.78 Å². The molecule has 6 heteroatoms. The molecule has 0 spiro atoms. The van der Waals surface area contributed by atoms with Gasteiger partial charge >= 0.3 is 7.32 Å². The van der Waals surface area contributed by atoms with Crippen LogP contribution >= 0.6 is 0 Å². The monoisotopic (exact) mass is 188 g/mol. The van der Waals surface area contributed by atoms with Gasteiger partial charge in [0, 0.05) is 5.56 Å². The predicted octanol–water partition coefficient (Wildman–Crippen LogP) is 0.622. The Morgan fingerprint density at radius 1 is 1.23 bits per heavy atom. The lowest BCUT2D eigenvalue weighted by Gasteiger charge is -2.09. The number of halogens is 2. The first-order valence-corrected chi connectivity index (χ1v) is 3.49. The van der Waals surface area contributed by atoms with Crippen molar-refractivity contribution in [2.24, 2.45) is 0 Å². The minimum absolute atomic E-state index is 0.104. The highest BCUT2D eigenvalue weighted by molar-refractivity contribution is 6.33. The number of hydrogen-bond acceptors (Lipinski definition) is 3. The average molecular weight is 188 g/mol. The highest BCUT2D eigenvalue weighted by Crippen LogP contribution is 2.24. The van der Waals surface area contributed by atoms with Crippen LogP contribution in [0.15, 0.2) is 12.1 Å². The Morgan fingerprint density at radius 2 is 1.77 bits per heavy atom. The van der Waals surface area contributed by atoms with Gasteiger partial charge in [0.25, 0.3) is 0 Å². The quantitative estimate of drug-likeness (QED) is 0.668. The van der Waals surface area contributed by atoms with E-state index >= 15 is 0 Å². The van der Waals surface area contributed by atoms with Gasteiger partial charge in [-0.2, -0.15) is 0 Å². The number of hydrogen-bond donors (Lipinski definition) is 2. The summed E-state index contributed by atoms with van der Waals surface area (Å²) in [7, 11) is -2.16. The maximum Gasteiger partial charge on any atom is 0.707 e. The first kappa shape index (κ1) is 9.95. The van der Waals surface area contributed by atoms with E-state index in [2.05, 4.69) is 4.65 Å². The van der Waals surface area contributed by atoms with E-state index < -0.39 is 24.7 Å². The first-order valence-electron chi connectivity index (χ1n) is 3.49. The molecule has 1 aromatic rings. The van der Waals surface area contributed by atoms with Crippen LogP contribution in [-0.4, -0.2) is 17.4 Å². The van der Waals surface area contributed by atoms with Crippen molar-refractivity contribution in [3.8, 4) is 5.75 Å². The van der Waals surface area contributed by atoms with Crippen LogP contribution in [0.3, 0.4) is 0 Å². The van der Waals surface area contributed by atoms with Crippen LogP contribution in [0.25, 0.3) is 0 Å². The summed E-state index contributed by atoms with van der Waals surface area (Å²) < 4.78 is 29.9. The molecule has 0 atom stereocenters. The SMILES string of the molecule is Cc1c(F)ccc(F)c1OB(O)O. The molecule has 2 N–H and O–H groups in total. The highest BCUT2D eigenvalue weighted by atomic mass is 19.1. The Kier molecular flexibility index (Phi) is 2.85. The van der Waals surface area contributed by atoms with Crippen molar-refractivity contribution < 1.29 is 23.5 Å². The standard InChI is InChI=1S/C7H7BF2O3/c1-4-5(9)2-3-6(10)7(4)13-8(11)12/h2-3,11-12H,1H3. The molecule has 0 aliphatic carbocycles. The van der Waals surface area contributed by atoms with Gasteiger partial charge in [-0.15, -0.1) is 0 Å². The number of rotatable bonds is 2. The minimum atomic E-state index is -2.16. The van der Waals surface area contributed by atoms with Crippen LogP contribution < -0.4 is 4.65 Å². The van der Waals surface area contributed by atoms with E-state index in [1.165, 1.54) is 6.92 Å². The van der Waals surface area contributed by atoms with Crippen molar-refractivity contribution >= 4 is 7.32 Å². The van der Waals surface area contributed by atoms with E-state index in [0.29, 0.717) is 0 Å². The fourth-order valence-electron chi connectivity index (χ4n) is 0.885. The zero-order chi connectivity index (χ0) is 10.0. The van der Waals surface area contributed by atoms with Crippen molar-refractivity contribution in [2.75, 3.05) is 0 Å². The van der Waals surface area contributed by atoms with Crippen molar-refractivity contribution in [1.29, 1.82) is 0 Å². The molecule has 1 aromatic carbocycles. The molecular weight excluding hydrogens is 181 g/mol. The van der Waals surface area contributed by atoms with E-state index in [9.17, 15) is 8.78 Å². The van der Waals surface area contributed by atoms with Crippen molar-refractivity contribution in [2.45, 2.75) is 6.92 Å². The van der Waals surface area contributed by atoms with E-state index in [1.54, 1.807) is 0 Å². The Morgan fingerprint density at radius 3 is 2.31 bits per heavy atom. The van der Waals surface area contributed by atoms with Crippen LogP contribution in [0, 0.1) is 18.6 Å². The van der Waals surface area contributed by atoms with Crippen molar-refractivity contribution in [3.63, 3.8) is 0 Å². The molecule has 0 amide bonds. The third-order valence-corrected chi connectivity index (χ3v) is 1.52. The van der Waals surface area contributed by atoms with Crippen molar-refractivity contribution in [1.82, 2.24) is 0 Å². The lowest BCUT2D eigenvalue weighted by Crippen LogP contribution is -2.22. The lowest BCUT2D eigenvalue weighted by molar-refractivity contribution is 0.280. The molecule has 0 heterocycles. The van der Waals surface area contributed by atoms with E-state index in [1.807, 2.05) is 0 Å². The van der Waals surface area contributed by atoms with Gasteiger partial charge < -0.3 is 14.7 Å². The molecule has 0 saturated heterocycles. The van der Waals surface area contributed by atoms with Gasteiger partial charge in [0.2, 0.25) is 0 Å². The molecule has 0 aromatic heterocycles. The summed E-state index contributed by atoms with van der Waals surface area (Å²) in [6.07, 6.45) is 0. The zero-order valence-electron chi connectivity index (χ0n) is 6.79. The first-order chi connectivity index (χ1) is 6.02. The normalized spacial score (nSPS) is 9.92. The van der Waals surface area contributed by atoms with Gasteiger partial charge in [-0.1, -0.05) is 0 Å². The molecule has 0 bridgehead atoms. The van der Waals surface area contributed by atoms with Crippen LogP contribution in [0.4, 0.5) is 8.78 Å². The number of benzene rings is 1. The largest absolute Gasteiger partial charge is 0.707 e. The highest BCUT2D eigenvalue weighted by Gasteiger charge is 2.18. The van der Waals surface area contributed by atoms with Gasteiger partial charge in [-0.05, 0) is 19.1 Å². The summed E-state index contributed by atoms with van der Waals surface area (Å²) in [6.45, 7) is 1.27. The van der Waals surface area contributed by atoms with Crippen molar-refractivity contribution in [3.05, 3.63) is 29.3 Å². The van der Waals surface area contributed by atoms with Crippen LogP contribution in [0.5, 0.6) is 5.75 Å². The maximum absolute atomic E-state index is 12.9. The predicted molar refractivity (Wildman–Crippen MR) is 41.9 cm³/mol.